The van der Waals surface area contributed by atoms with Gasteiger partial charge >= 0.3 is 0 Å². The lowest BCUT2D eigenvalue weighted by Gasteiger charge is -2.29. The second-order valence-corrected chi connectivity index (χ2v) is 11.1. The van der Waals surface area contributed by atoms with Crippen LogP contribution in [-0.4, -0.2) is 61.0 Å². The molecule has 1 saturated heterocycles. The van der Waals surface area contributed by atoms with E-state index < -0.39 is 11.4 Å². The minimum absolute atomic E-state index is 0.500. The molecule has 1 atom stereocenters. The number of rotatable bonds is 10. The molecule has 1 aliphatic heterocycles. The van der Waals surface area contributed by atoms with Gasteiger partial charge in [-0.2, -0.15) is 14.8 Å². The van der Waals surface area contributed by atoms with Gasteiger partial charge in [0.05, 0.1) is 35.2 Å². The molecule has 0 N–H and O–H groups in total. The Morgan fingerprint density at radius 3 is 2.31 bits per heavy atom. The lowest BCUT2D eigenvalue weighted by molar-refractivity contribution is 0.234. The maximum Gasteiger partial charge on any atom is 0.148 e. The van der Waals surface area contributed by atoms with Gasteiger partial charge in [0.25, 0.3) is 0 Å². The van der Waals surface area contributed by atoms with E-state index in [0.717, 1.165) is 43.0 Å². The largest absolute Gasteiger partial charge is 0.593 e. The van der Waals surface area contributed by atoms with Crippen molar-refractivity contribution < 1.29 is 4.55 Å². The van der Waals surface area contributed by atoms with Gasteiger partial charge in [-0.1, -0.05) is 25.5 Å². The van der Waals surface area contributed by atoms with E-state index in [1.807, 2.05) is 38.2 Å². The Morgan fingerprint density at radius 1 is 1.09 bits per heavy atom. The molecule has 7 nitrogen and oxygen atoms in total. The van der Waals surface area contributed by atoms with E-state index in [1.54, 1.807) is 17.6 Å². The number of likely N-dealkylation sites (N-methyl/N-ethyl adjacent to an activating group) is 1. The van der Waals surface area contributed by atoms with Gasteiger partial charge in [0.1, 0.15) is 29.2 Å². The smallest absolute Gasteiger partial charge is 0.148 e. The van der Waals surface area contributed by atoms with Crippen LogP contribution in [0.1, 0.15) is 48.4 Å². The Morgan fingerprint density at radius 2 is 1.74 bits per heavy atom. The van der Waals surface area contributed by atoms with E-state index in [0.29, 0.717) is 34.1 Å². The SMILES string of the molecule is CCc1c(C#N)c(SCc2ccc(N(C)[S+](C)[O-])cc2)nc(N(C)CCN2CCCCC2)c1C#N. The van der Waals surface area contributed by atoms with Crippen molar-refractivity contribution in [2.24, 2.45) is 0 Å². The van der Waals surface area contributed by atoms with E-state index in [-0.39, 0.29) is 0 Å². The molecule has 1 unspecified atom stereocenters. The lowest BCUT2D eigenvalue weighted by atomic mass is 10.0. The summed E-state index contributed by atoms with van der Waals surface area (Å²) in [4.78, 5) is 9.38. The Bertz CT molecular complexity index is 1070. The number of pyridine rings is 1. The molecule has 0 amide bonds. The second-order valence-electron chi connectivity index (χ2n) is 8.75. The monoisotopic (exact) mass is 510 g/mol. The first kappa shape index (κ1) is 27.2. The topological polar surface area (TPSA) is 93.2 Å². The first-order valence-corrected chi connectivity index (χ1v) is 14.5. The van der Waals surface area contributed by atoms with Crippen molar-refractivity contribution in [3.8, 4) is 12.1 Å². The Hall–Kier alpha value is -2.43. The van der Waals surface area contributed by atoms with Crippen molar-refractivity contribution in [2.45, 2.75) is 43.4 Å². The molecule has 0 radical (unpaired) electrons. The second kappa shape index (κ2) is 13.0. The summed E-state index contributed by atoms with van der Waals surface area (Å²) in [5.74, 6) is 1.30. The van der Waals surface area contributed by atoms with Crippen LogP contribution < -0.4 is 9.21 Å². The Balaban J connectivity index is 1.82. The third-order valence-corrected chi connectivity index (χ3v) is 8.48. The number of anilines is 2. The zero-order chi connectivity index (χ0) is 25.4. The van der Waals surface area contributed by atoms with Gasteiger partial charge in [-0.15, -0.1) is 11.8 Å². The first-order valence-electron chi connectivity index (χ1n) is 12.0. The summed E-state index contributed by atoms with van der Waals surface area (Å²) in [5.41, 5.74) is 3.76. The highest BCUT2D eigenvalue weighted by Crippen LogP contribution is 2.33. The summed E-state index contributed by atoms with van der Waals surface area (Å²) in [6.07, 6.45) is 6.05. The number of hydrogen-bond donors (Lipinski definition) is 0. The van der Waals surface area contributed by atoms with Crippen LogP contribution in [0.2, 0.25) is 0 Å². The van der Waals surface area contributed by atoms with Crippen LogP contribution in [-0.2, 0) is 23.5 Å². The summed E-state index contributed by atoms with van der Waals surface area (Å²) < 4.78 is 13.4. The van der Waals surface area contributed by atoms with E-state index in [9.17, 15) is 15.1 Å². The number of aromatic nitrogens is 1. The van der Waals surface area contributed by atoms with E-state index in [2.05, 4.69) is 21.9 Å². The van der Waals surface area contributed by atoms with Crippen molar-refractivity contribution in [1.82, 2.24) is 9.88 Å². The highest BCUT2D eigenvalue weighted by molar-refractivity contribution is 7.98. The molecule has 1 aromatic heterocycles. The molecule has 1 aromatic carbocycles. The van der Waals surface area contributed by atoms with Crippen molar-refractivity contribution in [2.75, 3.05) is 55.7 Å². The van der Waals surface area contributed by atoms with Gasteiger partial charge in [0.15, 0.2) is 0 Å². The van der Waals surface area contributed by atoms with Crippen LogP contribution in [0.5, 0.6) is 0 Å². The van der Waals surface area contributed by atoms with Crippen molar-refractivity contribution in [1.29, 1.82) is 10.5 Å². The lowest BCUT2D eigenvalue weighted by Crippen LogP contribution is -2.37. The highest BCUT2D eigenvalue weighted by Gasteiger charge is 2.22. The van der Waals surface area contributed by atoms with Crippen LogP contribution in [0.4, 0.5) is 11.5 Å². The molecule has 35 heavy (non-hydrogen) atoms. The normalized spacial score (nSPS) is 14.7. The number of benzene rings is 1. The molecular weight excluding hydrogens is 476 g/mol. The van der Waals surface area contributed by atoms with Gasteiger partial charge in [-0.25, -0.2) is 4.98 Å². The predicted octanol–water partition coefficient (Wildman–Crippen LogP) is 4.33. The number of piperidine rings is 1. The summed E-state index contributed by atoms with van der Waals surface area (Å²) in [6, 6.07) is 12.6. The van der Waals surface area contributed by atoms with Gasteiger partial charge < -0.3 is 14.4 Å². The quantitative estimate of drug-likeness (QED) is 0.344. The van der Waals surface area contributed by atoms with Crippen molar-refractivity contribution in [3.63, 3.8) is 0 Å². The minimum atomic E-state index is -1.08. The molecule has 3 rings (SSSR count). The Labute approximate surface area is 217 Å². The molecule has 0 saturated carbocycles. The summed E-state index contributed by atoms with van der Waals surface area (Å²) in [5, 5.41) is 20.6. The van der Waals surface area contributed by atoms with Crippen LogP contribution in [0.15, 0.2) is 29.3 Å². The molecule has 1 fully saturated rings. The van der Waals surface area contributed by atoms with Crippen LogP contribution in [0.3, 0.4) is 0 Å². The van der Waals surface area contributed by atoms with E-state index >= 15 is 0 Å². The third kappa shape index (κ3) is 6.83. The molecule has 0 spiro atoms. The van der Waals surface area contributed by atoms with E-state index in [1.165, 1.54) is 31.0 Å². The van der Waals surface area contributed by atoms with Crippen LogP contribution in [0.25, 0.3) is 0 Å². The standard InChI is InChI=1S/C26H34N6OS2/c1-5-22-23(17-27)25(30(2)15-16-32-13-7-6-8-14-32)29-26(24(22)18-28)34-19-20-9-11-21(12-10-20)31(3)35(4)33/h9-12H,5-8,13-16,19H2,1-4H3. The maximum atomic E-state index is 11.7. The minimum Gasteiger partial charge on any atom is -0.593 e. The molecule has 9 heteroatoms. The van der Waals surface area contributed by atoms with Gasteiger partial charge in [0.2, 0.25) is 0 Å². The summed E-state index contributed by atoms with van der Waals surface area (Å²) in [6.45, 7) is 5.97. The highest BCUT2D eigenvalue weighted by atomic mass is 32.2. The zero-order valence-electron chi connectivity index (χ0n) is 21.1. The van der Waals surface area contributed by atoms with Gasteiger partial charge in [0, 0.05) is 25.9 Å². The van der Waals surface area contributed by atoms with Crippen LogP contribution in [0, 0.1) is 22.7 Å². The third-order valence-electron chi connectivity index (χ3n) is 6.45. The zero-order valence-corrected chi connectivity index (χ0v) is 22.7. The predicted molar refractivity (Wildman–Crippen MR) is 145 cm³/mol. The number of likely N-dealkylation sites (tertiary alicyclic amines) is 1. The molecule has 0 aliphatic carbocycles. The average Bonchev–Trinajstić information content (AvgIpc) is 2.89. The van der Waals surface area contributed by atoms with Gasteiger partial charge in [-0.3, -0.25) is 0 Å². The number of thioether (sulfide) groups is 1. The van der Waals surface area contributed by atoms with Crippen molar-refractivity contribution >= 4 is 34.6 Å². The number of nitriles is 2. The van der Waals surface area contributed by atoms with E-state index in [4.69, 9.17) is 4.98 Å². The molecule has 1 aliphatic rings. The molecule has 2 heterocycles. The average molecular weight is 511 g/mol. The molecule has 0 bridgehead atoms. The maximum absolute atomic E-state index is 11.7. The fraction of sp³-hybridized carbons (Fsp3) is 0.500. The fourth-order valence-corrected chi connectivity index (χ4v) is 5.63. The fourth-order valence-electron chi connectivity index (χ4n) is 4.25. The first-order chi connectivity index (χ1) is 16.9. The molecule has 2 aromatic rings. The summed E-state index contributed by atoms with van der Waals surface area (Å²) >= 11 is 0.442. The van der Waals surface area contributed by atoms with Crippen LogP contribution >= 0.6 is 11.8 Å². The van der Waals surface area contributed by atoms with Crippen molar-refractivity contribution in [3.05, 3.63) is 46.5 Å². The molecule has 186 valence electrons. The Kier molecular flexibility index (Phi) is 10.1. The molecular formula is C26H34N6OS2. The van der Waals surface area contributed by atoms with Gasteiger partial charge in [-0.05, 0) is 55.6 Å². The number of hydrogen-bond acceptors (Lipinski definition) is 8. The number of nitrogens with zero attached hydrogens (tertiary/aromatic N) is 6. The summed E-state index contributed by atoms with van der Waals surface area (Å²) in [7, 11) is 3.79.